The Hall–Kier alpha value is -0.545. The Morgan fingerprint density at radius 1 is 0.920 bits per heavy atom. The average Bonchev–Trinajstić information content (AvgIpc) is 2.62. The van der Waals surface area contributed by atoms with Crippen LogP contribution in [0, 0.1) is 0 Å². The van der Waals surface area contributed by atoms with Crippen LogP contribution in [-0.4, -0.2) is 46.7 Å². The van der Waals surface area contributed by atoms with Crippen LogP contribution in [0.15, 0.2) is 0 Å². The molecule has 0 rings (SSSR count). The molecule has 0 heterocycles. The maximum absolute atomic E-state index is 12.1. The third-order valence-corrected chi connectivity index (χ3v) is 4.88. The van der Waals surface area contributed by atoms with Crippen LogP contribution in [0.4, 0.5) is 0 Å². The van der Waals surface area contributed by atoms with E-state index in [1.54, 1.807) is 14.2 Å². The number of carbonyl (C=O) groups excluding carboxylic acids is 1. The molecule has 2 atom stereocenters. The van der Waals surface area contributed by atoms with Crippen molar-refractivity contribution in [1.29, 1.82) is 0 Å². The Bertz CT molecular complexity index is 303. The normalized spacial score (nSPS) is 13.6. The zero-order valence-electron chi connectivity index (χ0n) is 17.3. The summed E-state index contributed by atoms with van der Waals surface area (Å²) >= 11 is 0. The fourth-order valence-corrected chi connectivity index (χ4v) is 3.20. The summed E-state index contributed by atoms with van der Waals surface area (Å²) in [6, 6.07) is 0.0326. The molecule has 0 aromatic rings. The summed E-state index contributed by atoms with van der Waals surface area (Å²) in [5.74, 6) is 0.140. The number of ether oxygens (including phenoxy) is 2. The van der Waals surface area contributed by atoms with Crippen LogP contribution in [0.3, 0.4) is 0 Å². The molecule has 4 nitrogen and oxygen atoms in total. The zero-order valence-corrected chi connectivity index (χ0v) is 17.3. The van der Waals surface area contributed by atoms with Gasteiger partial charge < -0.3 is 14.8 Å². The third kappa shape index (κ3) is 14.3. The van der Waals surface area contributed by atoms with Crippen molar-refractivity contribution >= 4 is 13.8 Å². The minimum atomic E-state index is -0.0729. The van der Waals surface area contributed by atoms with E-state index < -0.39 is 0 Å². The predicted octanol–water partition coefficient (Wildman–Crippen LogP) is 3.89. The van der Waals surface area contributed by atoms with Crippen molar-refractivity contribution in [2.45, 2.75) is 102 Å². The number of nitrogens with one attached hydrogen (secondary N) is 1. The number of amides is 1. The van der Waals surface area contributed by atoms with Gasteiger partial charge in [0.25, 0.3) is 0 Å². The highest BCUT2D eigenvalue weighted by Gasteiger charge is 2.21. The van der Waals surface area contributed by atoms with Crippen molar-refractivity contribution in [3.05, 3.63) is 0 Å². The van der Waals surface area contributed by atoms with Crippen LogP contribution < -0.4 is 5.32 Å². The SMILES string of the molecule is BCC(NC(=O)CCCCCCCCCCCCC)C(COC)OC. The van der Waals surface area contributed by atoms with E-state index in [2.05, 4.69) is 20.1 Å². The van der Waals surface area contributed by atoms with E-state index in [0.29, 0.717) is 13.0 Å². The van der Waals surface area contributed by atoms with E-state index >= 15 is 0 Å². The topological polar surface area (TPSA) is 47.6 Å². The summed E-state index contributed by atoms with van der Waals surface area (Å²) in [5, 5.41) is 3.09. The molecule has 0 aliphatic heterocycles. The molecule has 0 aromatic heterocycles. The fourth-order valence-electron chi connectivity index (χ4n) is 3.20. The number of carbonyl (C=O) groups is 1. The van der Waals surface area contributed by atoms with Gasteiger partial charge in [-0.3, -0.25) is 4.79 Å². The Morgan fingerprint density at radius 3 is 1.88 bits per heavy atom. The summed E-state index contributed by atoms with van der Waals surface area (Å²) in [5.41, 5.74) is 0. The molecular weight excluding hydrogens is 313 g/mol. The van der Waals surface area contributed by atoms with Gasteiger partial charge in [-0.05, 0) is 6.42 Å². The van der Waals surface area contributed by atoms with E-state index in [1.807, 2.05) is 0 Å². The highest BCUT2D eigenvalue weighted by molar-refractivity contribution is 6.09. The summed E-state index contributed by atoms with van der Waals surface area (Å²) in [7, 11) is 5.39. The van der Waals surface area contributed by atoms with Crippen molar-refractivity contribution < 1.29 is 14.3 Å². The minimum Gasteiger partial charge on any atom is -0.382 e. The van der Waals surface area contributed by atoms with Crippen molar-refractivity contribution in [1.82, 2.24) is 5.32 Å². The van der Waals surface area contributed by atoms with Gasteiger partial charge in [0, 0.05) is 20.6 Å². The highest BCUT2D eigenvalue weighted by Crippen LogP contribution is 2.12. The van der Waals surface area contributed by atoms with Gasteiger partial charge in [0.05, 0.1) is 18.8 Å². The minimum absolute atomic E-state index is 0.0326. The van der Waals surface area contributed by atoms with Crippen molar-refractivity contribution in [2.75, 3.05) is 20.8 Å². The molecular formula is C20H42BNO3. The maximum atomic E-state index is 12.1. The van der Waals surface area contributed by atoms with Gasteiger partial charge >= 0.3 is 0 Å². The molecule has 0 aromatic carbocycles. The van der Waals surface area contributed by atoms with Crippen LogP contribution in [0.25, 0.3) is 0 Å². The molecule has 25 heavy (non-hydrogen) atoms. The molecule has 1 N–H and O–H groups in total. The number of hydrogen-bond donors (Lipinski definition) is 1. The first-order valence-electron chi connectivity index (χ1n) is 10.5. The monoisotopic (exact) mass is 355 g/mol. The van der Waals surface area contributed by atoms with Crippen LogP contribution in [0.5, 0.6) is 0 Å². The molecule has 0 bridgehead atoms. The first-order valence-corrected chi connectivity index (χ1v) is 10.5. The summed E-state index contributed by atoms with van der Waals surface area (Å²) in [6.45, 7) is 2.77. The molecule has 0 aliphatic carbocycles. The largest absolute Gasteiger partial charge is 0.382 e. The van der Waals surface area contributed by atoms with Crippen LogP contribution in [-0.2, 0) is 14.3 Å². The van der Waals surface area contributed by atoms with Gasteiger partial charge in [0.1, 0.15) is 7.85 Å². The molecule has 0 aliphatic rings. The maximum Gasteiger partial charge on any atom is 0.220 e. The number of unbranched alkanes of at least 4 members (excludes halogenated alkanes) is 10. The van der Waals surface area contributed by atoms with Crippen molar-refractivity contribution in [3.63, 3.8) is 0 Å². The molecule has 0 saturated carbocycles. The van der Waals surface area contributed by atoms with Gasteiger partial charge in [0.15, 0.2) is 0 Å². The number of hydrogen-bond acceptors (Lipinski definition) is 3. The van der Waals surface area contributed by atoms with Gasteiger partial charge in [-0.1, -0.05) is 77.5 Å². The lowest BCUT2D eigenvalue weighted by molar-refractivity contribution is -0.123. The standard InChI is InChI=1S/C20H42BNO3/c1-4-5-6-7-8-9-10-11-12-13-14-15-20(23)22-18(16-21)19(25-3)17-24-2/h18-19H,4-17,21H2,1-3H3,(H,22,23). The van der Waals surface area contributed by atoms with Gasteiger partial charge in [-0.15, -0.1) is 0 Å². The first kappa shape index (κ1) is 24.5. The highest BCUT2D eigenvalue weighted by atomic mass is 16.5. The smallest absolute Gasteiger partial charge is 0.220 e. The van der Waals surface area contributed by atoms with Crippen LogP contribution in [0.1, 0.15) is 84.0 Å². The van der Waals surface area contributed by atoms with Crippen molar-refractivity contribution in [2.24, 2.45) is 0 Å². The molecule has 148 valence electrons. The second kappa shape index (κ2) is 18.3. The molecule has 1 amide bonds. The lowest BCUT2D eigenvalue weighted by Crippen LogP contribution is -2.45. The third-order valence-electron chi connectivity index (χ3n) is 4.88. The van der Waals surface area contributed by atoms with E-state index in [4.69, 9.17) is 9.47 Å². The van der Waals surface area contributed by atoms with Gasteiger partial charge in [-0.2, -0.15) is 0 Å². The lowest BCUT2D eigenvalue weighted by Gasteiger charge is -2.25. The molecule has 5 heteroatoms. The van der Waals surface area contributed by atoms with Gasteiger partial charge in [-0.25, -0.2) is 0 Å². The van der Waals surface area contributed by atoms with E-state index in [1.165, 1.54) is 57.8 Å². The van der Waals surface area contributed by atoms with Crippen LogP contribution in [0.2, 0.25) is 6.32 Å². The average molecular weight is 355 g/mol. The van der Waals surface area contributed by atoms with E-state index in [-0.39, 0.29) is 18.1 Å². The summed E-state index contributed by atoms with van der Waals surface area (Å²) in [6.07, 6.45) is 15.7. The quantitative estimate of drug-likeness (QED) is 0.300. The predicted molar refractivity (Wildman–Crippen MR) is 109 cm³/mol. The number of methoxy groups -OCH3 is 2. The Kier molecular flexibility index (Phi) is 17.9. The Balaban J connectivity index is 3.59. The number of rotatable bonds is 18. The molecule has 0 radical (unpaired) electrons. The second-order valence-corrected chi connectivity index (χ2v) is 7.10. The molecule has 0 saturated heterocycles. The molecule has 2 unspecified atom stereocenters. The van der Waals surface area contributed by atoms with Crippen molar-refractivity contribution in [3.8, 4) is 0 Å². The Morgan fingerprint density at radius 2 is 1.44 bits per heavy atom. The Labute approximate surface area is 157 Å². The second-order valence-electron chi connectivity index (χ2n) is 7.10. The van der Waals surface area contributed by atoms with E-state index in [0.717, 1.165) is 19.2 Å². The lowest BCUT2D eigenvalue weighted by atomic mass is 9.93. The zero-order chi connectivity index (χ0) is 18.8. The molecule has 0 spiro atoms. The van der Waals surface area contributed by atoms with E-state index in [9.17, 15) is 4.79 Å². The van der Waals surface area contributed by atoms with Crippen LogP contribution >= 0.6 is 0 Å². The molecule has 0 fully saturated rings. The fraction of sp³-hybridized carbons (Fsp3) is 0.950. The summed E-state index contributed by atoms with van der Waals surface area (Å²) in [4.78, 5) is 12.1. The first-order chi connectivity index (χ1) is 12.2. The van der Waals surface area contributed by atoms with Gasteiger partial charge in [0.2, 0.25) is 5.91 Å². The summed E-state index contributed by atoms with van der Waals surface area (Å²) < 4.78 is 10.6.